The van der Waals surface area contributed by atoms with Crippen LogP contribution in [0.3, 0.4) is 0 Å². The molecule has 0 radical (unpaired) electrons. The fraction of sp³-hybridized carbons (Fsp3) is 0.375. The average Bonchev–Trinajstić information content (AvgIpc) is 2.88. The first-order chi connectivity index (χ1) is 9.21. The lowest BCUT2D eigenvalue weighted by Crippen LogP contribution is -2.18. The molecular formula is C16H20ClNS. The van der Waals surface area contributed by atoms with E-state index in [2.05, 4.69) is 31.2 Å². The lowest BCUT2D eigenvalue weighted by Gasteiger charge is -2.13. The van der Waals surface area contributed by atoms with Gasteiger partial charge in [-0.05, 0) is 61.6 Å². The van der Waals surface area contributed by atoms with Crippen molar-refractivity contribution in [1.29, 1.82) is 0 Å². The third-order valence-corrected chi connectivity index (χ3v) is 4.83. The average molecular weight is 294 g/mol. The zero-order valence-corrected chi connectivity index (χ0v) is 12.8. The standard InChI is InChI=1S/C16H20ClNS/c1-2-15-7-8-16(19-15)10-13(11-18)9-12-3-5-14(17)6-4-12/h3-8,13H,2,9-11,18H2,1H3. The van der Waals surface area contributed by atoms with Gasteiger partial charge in [0.15, 0.2) is 0 Å². The van der Waals surface area contributed by atoms with Gasteiger partial charge in [0, 0.05) is 14.8 Å². The number of rotatable bonds is 6. The molecule has 2 rings (SSSR count). The summed E-state index contributed by atoms with van der Waals surface area (Å²) in [5, 5.41) is 0.791. The zero-order chi connectivity index (χ0) is 13.7. The van der Waals surface area contributed by atoms with E-state index in [1.54, 1.807) is 0 Å². The minimum atomic E-state index is 0.504. The van der Waals surface area contributed by atoms with Gasteiger partial charge in [-0.25, -0.2) is 0 Å². The van der Waals surface area contributed by atoms with Crippen molar-refractivity contribution < 1.29 is 0 Å². The Balaban J connectivity index is 1.98. The predicted molar refractivity (Wildman–Crippen MR) is 85.1 cm³/mol. The van der Waals surface area contributed by atoms with Crippen LogP contribution in [0.4, 0.5) is 0 Å². The Morgan fingerprint density at radius 3 is 2.32 bits per heavy atom. The molecule has 0 aliphatic carbocycles. The maximum atomic E-state index is 5.92. The van der Waals surface area contributed by atoms with Crippen molar-refractivity contribution in [2.45, 2.75) is 26.2 Å². The van der Waals surface area contributed by atoms with Crippen LogP contribution in [0.25, 0.3) is 0 Å². The highest BCUT2D eigenvalue weighted by Crippen LogP contribution is 2.22. The van der Waals surface area contributed by atoms with Crippen LogP contribution in [0.2, 0.25) is 5.02 Å². The SMILES string of the molecule is CCc1ccc(CC(CN)Cc2ccc(Cl)cc2)s1. The highest BCUT2D eigenvalue weighted by molar-refractivity contribution is 7.11. The van der Waals surface area contributed by atoms with Crippen molar-refractivity contribution >= 4 is 22.9 Å². The number of thiophene rings is 1. The summed E-state index contributed by atoms with van der Waals surface area (Å²) >= 11 is 7.82. The quantitative estimate of drug-likeness (QED) is 0.843. The maximum absolute atomic E-state index is 5.92. The predicted octanol–water partition coefficient (Wildman–Crippen LogP) is 4.32. The molecule has 1 nitrogen and oxygen atoms in total. The maximum Gasteiger partial charge on any atom is 0.0406 e. The summed E-state index contributed by atoms with van der Waals surface area (Å²) in [4.78, 5) is 2.90. The molecule has 3 heteroatoms. The first kappa shape index (κ1) is 14.6. The second-order valence-electron chi connectivity index (χ2n) is 4.86. The van der Waals surface area contributed by atoms with Crippen LogP contribution in [-0.4, -0.2) is 6.54 Å². The van der Waals surface area contributed by atoms with Gasteiger partial charge in [-0.1, -0.05) is 30.7 Å². The molecule has 1 aromatic heterocycles. The molecule has 2 aromatic rings. The molecule has 0 amide bonds. The summed E-state index contributed by atoms with van der Waals surface area (Å²) in [7, 11) is 0. The summed E-state index contributed by atoms with van der Waals surface area (Å²) in [6.45, 7) is 2.92. The number of aryl methyl sites for hydroxylation is 1. The molecule has 1 heterocycles. The van der Waals surface area contributed by atoms with E-state index >= 15 is 0 Å². The molecule has 2 N–H and O–H groups in total. The molecule has 19 heavy (non-hydrogen) atoms. The fourth-order valence-electron chi connectivity index (χ4n) is 2.20. The summed E-state index contributed by atoms with van der Waals surface area (Å²) in [6, 6.07) is 12.6. The van der Waals surface area contributed by atoms with Gasteiger partial charge < -0.3 is 5.73 Å². The minimum absolute atomic E-state index is 0.504. The first-order valence-corrected chi connectivity index (χ1v) is 7.92. The summed E-state index contributed by atoms with van der Waals surface area (Å²) in [5.41, 5.74) is 7.23. The largest absolute Gasteiger partial charge is 0.330 e. The molecule has 0 bridgehead atoms. The van der Waals surface area contributed by atoms with Crippen molar-refractivity contribution in [3.63, 3.8) is 0 Å². The Hall–Kier alpha value is -0.830. The van der Waals surface area contributed by atoms with E-state index in [0.717, 1.165) is 30.8 Å². The molecule has 1 unspecified atom stereocenters. The van der Waals surface area contributed by atoms with Crippen LogP contribution >= 0.6 is 22.9 Å². The molecule has 102 valence electrons. The van der Waals surface area contributed by atoms with Gasteiger partial charge in [-0.2, -0.15) is 0 Å². The van der Waals surface area contributed by atoms with Crippen molar-refractivity contribution in [1.82, 2.24) is 0 Å². The molecule has 0 spiro atoms. The third kappa shape index (κ3) is 4.34. The number of benzene rings is 1. The van der Waals surface area contributed by atoms with Crippen molar-refractivity contribution in [3.05, 3.63) is 56.7 Å². The van der Waals surface area contributed by atoms with E-state index in [9.17, 15) is 0 Å². The Labute approximate surface area is 124 Å². The number of halogens is 1. The molecule has 0 saturated carbocycles. The molecule has 0 aliphatic rings. The molecule has 0 aliphatic heterocycles. The number of nitrogens with two attached hydrogens (primary N) is 1. The summed E-state index contributed by atoms with van der Waals surface area (Å²) < 4.78 is 0. The van der Waals surface area contributed by atoms with Gasteiger partial charge in [0.2, 0.25) is 0 Å². The fourth-order valence-corrected chi connectivity index (χ4v) is 3.40. The lowest BCUT2D eigenvalue weighted by molar-refractivity contribution is 0.537. The van der Waals surface area contributed by atoms with E-state index in [1.165, 1.54) is 15.3 Å². The van der Waals surface area contributed by atoms with E-state index in [1.807, 2.05) is 23.5 Å². The van der Waals surface area contributed by atoms with Crippen LogP contribution < -0.4 is 5.73 Å². The Morgan fingerprint density at radius 2 is 1.74 bits per heavy atom. The third-order valence-electron chi connectivity index (χ3n) is 3.33. The minimum Gasteiger partial charge on any atom is -0.330 e. The summed E-state index contributed by atoms with van der Waals surface area (Å²) in [5.74, 6) is 0.504. The normalized spacial score (nSPS) is 12.6. The van der Waals surface area contributed by atoms with Gasteiger partial charge in [-0.15, -0.1) is 11.3 Å². The van der Waals surface area contributed by atoms with E-state index < -0.39 is 0 Å². The van der Waals surface area contributed by atoms with Crippen molar-refractivity contribution in [3.8, 4) is 0 Å². The van der Waals surface area contributed by atoms with Crippen molar-refractivity contribution in [2.75, 3.05) is 6.54 Å². The van der Waals surface area contributed by atoms with Crippen LogP contribution in [0.5, 0.6) is 0 Å². The molecule has 0 fully saturated rings. The second kappa shape index (κ2) is 7.09. The van der Waals surface area contributed by atoms with Crippen LogP contribution in [0.1, 0.15) is 22.2 Å². The van der Waals surface area contributed by atoms with Crippen LogP contribution in [0, 0.1) is 5.92 Å². The summed E-state index contributed by atoms with van der Waals surface area (Å²) in [6.07, 6.45) is 3.21. The van der Waals surface area contributed by atoms with Crippen LogP contribution in [-0.2, 0) is 19.3 Å². The molecule has 1 atom stereocenters. The van der Waals surface area contributed by atoms with E-state index in [4.69, 9.17) is 17.3 Å². The monoisotopic (exact) mass is 293 g/mol. The zero-order valence-electron chi connectivity index (χ0n) is 11.2. The molecule has 0 saturated heterocycles. The second-order valence-corrected chi connectivity index (χ2v) is 6.55. The number of hydrogen-bond acceptors (Lipinski definition) is 2. The van der Waals surface area contributed by atoms with Crippen molar-refractivity contribution in [2.24, 2.45) is 11.7 Å². The number of hydrogen-bond donors (Lipinski definition) is 1. The highest BCUT2D eigenvalue weighted by atomic mass is 35.5. The van der Waals surface area contributed by atoms with Gasteiger partial charge in [-0.3, -0.25) is 0 Å². The lowest BCUT2D eigenvalue weighted by atomic mass is 9.96. The van der Waals surface area contributed by atoms with Gasteiger partial charge in [0.05, 0.1) is 0 Å². The van der Waals surface area contributed by atoms with E-state index in [0.29, 0.717) is 5.92 Å². The first-order valence-electron chi connectivity index (χ1n) is 6.73. The Morgan fingerprint density at radius 1 is 1.05 bits per heavy atom. The topological polar surface area (TPSA) is 26.0 Å². The van der Waals surface area contributed by atoms with Gasteiger partial charge in [0.1, 0.15) is 0 Å². The Bertz CT molecular complexity index is 504. The molecular weight excluding hydrogens is 274 g/mol. The van der Waals surface area contributed by atoms with Gasteiger partial charge >= 0.3 is 0 Å². The smallest absolute Gasteiger partial charge is 0.0406 e. The Kier molecular flexibility index (Phi) is 5.44. The van der Waals surface area contributed by atoms with Crippen LogP contribution in [0.15, 0.2) is 36.4 Å². The van der Waals surface area contributed by atoms with E-state index in [-0.39, 0.29) is 0 Å². The van der Waals surface area contributed by atoms with Gasteiger partial charge in [0.25, 0.3) is 0 Å². The molecule has 1 aromatic carbocycles. The highest BCUT2D eigenvalue weighted by Gasteiger charge is 2.10.